The van der Waals surface area contributed by atoms with Crippen LogP contribution < -0.4 is 5.32 Å². The fourth-order valence-corrected chi connectivity index (χ4v) is 3.46. The second kappa shape index (κ2) is 7.08. The lowest BCUT2D eigenvalue weighted by atomic mass is 10.2. The summed E-state index contributed by atoms with van der Waals surface area (Å²) in [5, 5.41) is 5.62. The number of benzene rings is 1. The summed E-state index contributed by atoms with van der Waals surface area (Å²) >= 11 is 5.29. The van der Waals surface area contributed by atoms with Crippen molar-refractivity contribution in [2.24, 2.45) is 0 Å². The van der Waals surface area contributed by atoms with E-state index < -0.39 is 0 Å². The Kier molecular flexibility index (Phi) is 5.43. The average molecular weight is 339 g/mol. The molecule has 1 aromatic carbocycles. The Labute approximate surface area is 127 Å². The Morgan fingerprint density at radius 1 is 1.32 bits per heavy atom. The fraction of sp³-hybridized carbons (Fsp3) is 0.333. The minimum atomic E-state index is 0.966. The van der Waals surface area contributed by atoms with Gasteiger partial charge < -0.3 is 5.32 Å². The van der Waals surface area contributed by atoms with Crippen molar-refractivity contribution >= 4 is 33.0 Å². The Morgan fingerprint density at radius 3 is 2.79 bits per heavy atom. The van der Waals surface area contributed by atoms with Crippen LogP contribution in [-0.4, -0.2) is 25.0 Å². The van der Waals surface area contributed by atoms with Crippen LogP contribution in [0, 0.1) is 6.92 Å². The molecule has 1 aromatic heterocycles. The van der Waals surface area contributed by atoms with Gasteiger partial charge in [0.2, 0.25) is 0 Å². The molecule has 0 aliphatic rings. The first-order chi connectivity index (χ1) is 9.15. The van der Waals surface area contributed by atoms with Crippen LogP contribution in [-0.2, 0) is 6.54 Å². The maximum absolute atomic E-state index is 3.49. The Morgan fingerprint density at radius 2 is 2.11 bits per heavy atom. The van der Waals surface area contributed by atoms with Crippen LogP contribution in [0.4, 0.5) is 5.69 Å². The summed E-state index contributed by atoms with van der Waals surface area (Å²) in [6.45, 7) is 5.14. The van der Waals surface area contributed by atoms with Crippen molar-refractivity contribution in [2.75, 3.05) is 25.5 Å². The van der Waals surface area contributed by atoms with E-state index in [4.69, 9.17) is 0 Å². The third-order valence-corrected chi connectivity index (χ3v) is 4.68. The van der Waals surface area contributed by atoms with E-state index in [0.717, 1.165) is 19.6 Å². The quantitative estimate of drug-likeness (QED) is 0.841. The maximum Gasteiger partial charge on any atom is 0.0370 e. The van der Waals surface area contributed by atoms with Crippen LogP contribution in [0.25, 0.3) is 0 Å². The van der Waals surface area contributed by atoms with Crippen LogP contribution in [0.2, 0.25) is 0 Å². The molecule has 4 heteroatoms. The van der Waals surface area contributed by atoms with Crippen molar-refractivity contribution in [1.29, 1.82) is 0 Å². The van der Waals surface area contributed by atoms with Crippen molar-refractivity contribution in [3.8, 4) is 0 Å². The Balaban J connectivity index is 1.75. The van der Waals surface area contributed by atoms with Gasteiger partial charge in [-0.2, -0.15) is 0 Å². The van der Waals surface area contributed by atoms with Gasteiger partial charge in [-0.25, -0.2) is 0 Å². The van der Waals surface area contributed by atoms with Gasteiger partial charge >= 0.3 is 0 Å². The molecule has 0 fully saturated rings. The van der Waals surface area contributed by atoms with E-state index in [1.807, 2.05) is 0 Å². The summed E-state index contributed by atoms with van der Waals surface area (Å²) < 4.78 is 1.18. The first-order valence-electron chi connectivity index (χ1n) is 6.36. The highest BCUT2D eigenvalue weighted by molar-refractivity contribution is 9.10. The lowest BCUT2D eigenvalue weighted by Gasteiger charge is -2.17. The molecule has 0 radical (unpaired) electrons. The predicted molar refractivity (Wildman–Crippen MR) is 88.0 cm³/mol. The summed E-state index contributed by atoms with van der Waals surface area (Å²) in [5.74, 6) is 0. The van der Waals surface area contributed by atoms with E-state index in [2.05, 4.69) is 75.8 Å². The monoisotopic (exact) mass is 338 g/mol. The van der Waals surface area contributed by atoms with E-state index in [1.54, 1.807) is 11.3 Å². The molecular formula is C15H19BrN2S. The molecule has 2 rings (SSSR count). The Bertz CT molecular complexity index is 524. The molecule has 0 aliphatic carbocycles. The van der Waals surface area contributed by atoms with E-state index in [0.29, 0.717) is 0 Å². The third kappa shape index (κ3) is 4.64. The minimum Gasteiger partial charge on any atom is -0.384 e. The van der Waals surface area contributed by atoms with Crippen LogP contribution in [0.3, 0.4) is 0 Å². The number of hydrogen-bond donors (Lipinski definition) is 1. The van der Waals surface area contributed by atoms with Crippen molar-refractivity contribution in [2.45, 2.75) is 13.5 Å². The van der Waals surface area contributed by atoms with Crippen LogP contribution in [0.5, 0.6) is 0 Å². The van der Waals surface area contributed by atoms with Gasteiger partial charge in [0.25, 0.3) is 0 Å². The number of para-hydroxylation sites is 1. The normalized spacial score (nSPS) is 10.9. The lowest BCUT2D eigenvalue weighted by Crippen LogP contribution is -2.24. The molecule has 0 bridgehead atoms. The van der Waals surface area contributed by atoms with E-state index >= 15 is 0 Å². The summed E-state index contributed by atoms with van der Waals surface area (Å²) in [7, 11) is 2.16. The second-order valence-electron chi connectivity index (χ2n) is 4.71. The van der Waals surface area contributed by atoms with Gasteiger partial charge in [-0.15, -0.1) is 11.3 Å². The van der Waals surface area contributed by atoms with Gasteiger partial charge in [0.15, 0.2) is 0 Å². The molecule has 19 heavy (non-hydrogen) atoms. The molecule has 2 nitrogen and oxygen atoms in total. The van der Waals surface area contributed by atoms with Gasteiger partial charge in [0.1, 0.15) is 0 Å². The largest absolute Gasteiger partial charge is 0.384 e. The number of nitrogens with one attached hydrogen (secondary N) is 1. The van der Waals surface area contributed by atoms with Gasteiger partial charge in [0.05, 0.1) is 0 Å². The van der Waals surface area contributed by atoms with Gasteiger partial charge in [-0.3, -0.25) is 4.90 Å². The first kappa shape index (κ1) is 14.6. The molecule has 0 saturated heterocycles. The zero-order chi connectivity index (χ0) is 13.7. The predicted octanol–water partition coefficient (Wildman–Crippen LogP) is 4.36. The number of likely N-dealkylation sites (N-methyl/N-ethyl adjacent to an activating group) is 1. The highest BCUT2D eigenvalue weighted by atomic mass is 79.9. The van der Waals surface area contributed by atoms with Crippen molar-refractivity contribution in [3.63, 3.8) is 0 Å². The van der Waals surface area contributed by atoms with Gasteiger partial charge in [0, 0.05) is 40.1 Å². The molecule has 1 N–H and O–H groups in total. The number of thiophene rings is 1. The Hall–Kier alpha value is -0.840. The van der Waals surface area contributed by atoms with Gasteiger partial charge in [-0.1, -0.05) is 18.2 Å². The number of nitrogens with zero attached hydrogens (tertiary/aromatic N) is 1. The first-order valence-corrected chi connectivity index (χ1v) is 8.03. The number of halogens is 1. The minimum absolute atomic E-state index is 0.966. The van der Waals surface area contributed by atoms with E-state index in [1.165, 1.54) is 20.6 Å². The van der Waals surface area contributed by atoms with E-state index in [9.17, 15) is 0 Å². The molecular weight excluding hydrogens is 320 g/mol. The van der Waals surface area contributed by atoms with Gasteiger partial charge in [-0.05, 0) is 47.6 Å². The summed E-state index contributed by atoms with van der Waals surface area (Å²) in [6, 6.07) is 10.6. The van der Waals surface area contributed by atoms with Crippen molar-refractivity contribution in [1.82, 2.24) is 4.90 Å². The molecule has 0 aliphatic heterocycles. The molecule has 1 heterocycles. The standard InChI is InChI=1S/C15H19BrN2S/c1-12-5-3-4-6-15(12)17-7-8-18(2)10-14-9-13(16)11-19-14/h3-6,9,11,17H,7-8,10H2,1-2H3. The number of hydrogen-bond acceptors (Lipinski definition) is 3. The molecule has 102 valence electrons. The molecule has 0 spiro atoms. The fourth-order valence-electron chi connectivity index (χ4n) is 1.93. The van der Waals surface area contributed by atoms with Crippen LogP contribution in [0.1, 0.15) is 10.4 Å². The number of aryl methyl sites for hydroxylation is 1. The van der Waals surface area contributed by atoms with Crippen molar-refractivity contribution < 1.29 is 0 Å². The zero-order valence-electron chi connectivity index (χ0n) is 11.3. The molecule has 0 amide bonds. The van der Waals surface area contributed by atoms with Crippen LogP contribution >= 0.6 is 27.3 Å². The summed E-state index contributed by atoms with van der Waals surface area (Å²) in [5.41, 5.74) is 2.53. The SMILES string of the molecule is Cc1ccccc1NCCN(C)Cc1cc(Br)cs1. The lowest BCUT2D eigenvalue weighted by molar-refractivity contribution is 0.343. The zero-order valence-corrected chi connectivity index (χ0v) is 13.7. The maximum atomic E-state index is 3.49. The summed E-state index contributed by atoms with van der Waals surface area (Å²) in [6.07, 6.45) is 0. The molecule has 0 saturated carbocycles. The summed E-state index contributed by atoms with van der Waals surface area (Å²) in [4.78, 5) is 3.73. The third-order valence-electron chi connectivity index (χ3n) is 3.00. The second-order valence-corrected chi connectivity index (χ2v) is 6.62. The smallest absolute Gasteiger partial charge is 0.0370 e. The van der Waals surface area contributed by atoms with Crippen molar-refractivity contribution in [3.05, 3.63) is 50.6 Å². The number of rotatable bonds is 6. The molecule has 0 atom stereocenters. The van der Waals surface area contributed by atoms with E-state index in [-0.39, 0.29) is 0 Å². The average Bonchev–Trinajstić information content (AvgIpc) is 2.77. The number of anilines is 1. The molecule has 2 aromatic rings. The molecule has 0 unspecified atom stereocenters. The van der Waals surface area contributed by atoms with Crippen LogP contribution in [0.15, 0.2) is 40.2 Å². The highest BCUT2D eigenvalue weighted by Gasteiger charge is 2.03. The highest BCUT2D eigenvalue weighted by Crippen LogP contribution is 2.20. The topological polar surface area (TPSA) is 15.3 Å².